The monoisotopic (exact) mass is 559 g/mol. The molecule has 1 aliphatic heterocycles. The second kappa shape index (κ2) is 11.6. The van der Waals surface area contributed by atoms with E-state index >= 15 is 0 Å². The van der Waals surface area contributed by atoms with Gasteiger partial charge in [-0.15, -0.1) is 0 Å². The van der Waals surface area contributed by atoms with Crippen molar-refractivity contribution >= 4 is 51.9 Å². The van der Waals surface area contributed by atoms with Gasteiger partial charge in [-0.25, -0.2) is 4.68 Å². The molecule has 4 aromatic rings. The molecule has 192 valence electrons. The molecular weight excluding hydrogens is 534 g/mol. The van der Waals surface area contributed by atoms with Crippen LogP contribution in [0.5, 0.6) is 5.75 Å². The Labute approximate surface area is 237 Å². The fraction of sp³-hybridized carbons (Fsp3) is 0.167. The molecule has 0 bridgehead atoms. The quantitative estimate of drug-likeness (QED) is 0.164. The second-order valence-corrected chi connectivity index (χ2v) is 11.4. The van der Waals surface area contributed by atoms with E-state index in [0.717, 1.165) is 28.1 Å². The topological polar surface area (TPSA) is 47.4 Å². The zero-order valence-electron chi connectivity index (χ0n) is 21.0. The van der Waals surface area contributed by atoms with Gasteiger partial charge in [0, 0.05) is 34.5 Å². The van der Waals surface area contributed by atoms with E-state index < -0.39 is 0 Å². The molecule has 1 aromatic heterocycles. The minimum atomic E-state index is -0.0658. The van der Waals surface area contributed by atoms with Crippen LogP contribution in [-0.2, 0) is 11.4 Å². The third kappa shape index (κ3) is 5.85. The van der Waals surface area contributed by atoms with E-state index in [9.17, 15) is 4.79 Å². The van der Waals surface area contributed by atoms with Crippen LogP contribution in [0.25, 0.3) is 23.0 Å². The van der Waals surface area contributed by atoms with Crippen molar-refractivity contribution in [3.63, 3.8) is 0 Å². The Bertz CT molecular complexity index is 1510. The van der Waals surface area contributed by atoms with Crippen LogP contribution in [0.3, 0.4) is 0 Å². The van der Waals surface area contributed by atoms with Gasteiger partial charge in [0.05, 0.1) is 10.6 Å². The molecule has 1 saturated heterocycles. The van der Waals surface area contributed by atoms with Crippen molar-refractivity contribution in [2.24, 2.45) is 5.92 Å². The number of amides is 1. The first-order valence-electron chi connectivity index (χ1n) is 12.3. The predicted molar refractivity (Wildman–Crippen MR) is 160 cm³/mol. The number of hydrogen-bond acceptors (Lipinski definition) is 5. The number of benzene rings is 3. The SMILES string of the molecule is CC(C)CN1C(=O)/C(=C/c2cn(-c3ccccc3)nc2-c2cccc(OCc3ccccc3Cl)c2)SC1=S. The van der Waals surface area contributed by atoms with E-state index in [1.165, 1.54) is 11.8 Å². The summed E-state index contributed by atoms with van der Waals surface area (Å²) in [6, 6.07) is 25.3. The van der Waals surface area contributed by atoms with Gasteiger partial charge in [0.1, 0.15) is 22.4 Å². The molecule has 5 nitrogen and oxygen atoms in total. The minimum absolute atomic E-state index is 0.0658. The molecule has 0 spiro atoms. The van der Waals surface area contributed by atoms with Gasteiger partial charge in [-0.1, -0.05) is 98.0 Å². The fourth-order valence-corrected chi connectivity index (χ4v) is 5.56. The lowest BCUT2D eigenvalue weighted by atomic mass is 10.1. The lowest BCUT2D eigenvalue weighted by molar-refractivity contribution is -0.122. The Morgan fingerprint density at radius 2 is 1.82 bits per heavy atom. The van der Waals surface area contributed by atoms with Crippen LogP contribution in [-0.4, -0.2) is 31.5 Å². The summed E-state index contributed by atoms with van der Waals surface area (Å²) in [6.07, 6.45) is 3.83. The number of nitrogens with zero attached hydrogens (tertiary/aromatic N) is 3. The Balaban J connectivity index is 1.50. The van der Waals surface area contributed by atoms with Gasteiger partial charge in [-0.2, -0.15) is 5.10 Å². The van der Waals surface area contributed by atoms with Crippen molar-refractivity contribution in [2.75, 3.05) is 6.54 Å². The van der Waals surface area contributed by atoms with Crippen LogP contribution in [0.4, 0.5) is 0 Å². The van der Waals surface area contributed by atoms with Crippen molar-refractivity contribution in [3.8, 4) is 22.7 Å². The smallest absolute Gasteiger partial charge is 0.266 e. The third-order valence-corrected chi connectivity index (χ3v) is 7.68. The molecule has 0 atom stereocenters. The standard InChI is InChI=1S/C30H26ClN3O2S2/c1-20(2)17-33-29(35)27(38-30(33)37)16-23-18-34(24-11-4-3-5-12-24)32-28(23)21-10-8-13-25(15-21)36-19-22-9-6-7-14-26(22)31/h3-16,18,20H,17,19H2,1-2H3/b27-16-. The van der Waals surface area contributed by atoms with Gasteiger partial charge >= 0.3 is 0 Å². The van der Waals surface area contributed by atoms with Gasteiger partial charge in [-0.05, 0) is 42.3 Å². The van der Waals surface area contributed by atoms with E-state index in [4.69, 9.17) is 33.7 Å². The highest BCUT2D eigenvalue weighted by atomic mass is 35.5. The average Bonchev–Trinajstić information content (AvgIpc) is 3.45. The van der Waals surface area contributed by atoms with Gasteiger partial charge < -0.3 is 4.74 Å². The summed E-state index contributed by atoms with van der Waals surface area (Å²) >= 11 is 13.1. The number of hydrogen-bond donors (Lipinski definition) is 0. The largest absolute Gasteiger partial charge is 0.489 e. The number of thiocarbonyl (C=S) groups is 1. The molecule has 5 rings (SSSR count). The van der Waals surface area contributed by atoms with E-state index in [1.54, 1.807) is 4.90 Å². The van der Waals surface area contributed by atoms with Crippen LogP contribution >= 0.6 is 35.6 Å². The van der Waals surface area contributed by atoms with Crippen LogP contribution in [0.15, 0.2) is 90.0 Å². The van der Waals surface area contributed by atoms with Crippen LogP contribution in [0.2, 0.25) is 5.02 Å². The zero-order chi connectivity index (χ0) is 26.6. The van der Waals surface area contributed by atoms with Gasteiger partial charge in [-0.3, -0.25) is 9.69 Å². The van der Waals surface area contributed by atoms with Crippen molar-refractivity contribution in [2.45, 2.75) is 20.5 Å². The molecule has 0 aliphatic carbocycles. The zero-order valence-corrected chi connectivity index (χ0v) is 23.4. The van der Waals surface area contributed by atoms with Gasteiger partial charge in [0.2, 0.25) is 0 Å². The highest BCUT2D eigenvalue weighted by molar-refractivity contribution is 8.26. The van der Waals surface area contributed by atoms with E-state index in [1.807, 2.05) is 95.8 Å². The average molecular weight is 560 g/mol. The molecule has 38 heavy (non-hydrogen) atoms. The molecule has 0 N–H and O–H groups in total. The molecule has 8 heteroatoms. The predicted octanol–water partition coefficient (Wildman–Crippen LogP) is 7.63. The number of halogens is 1. The Morgan fingerprint density at radius 3 is 2.58 bits per heavy atom. The van der Waals surface area contributed by atoms with Crippen molar-refractivity contribution in [1.82, 2.24) is 14.7 Å². The van der Waals surface area contributed by atoms with E-state index in [2.05, 4.69) is 13.8 Å². The van der Waals surface area contributed by atoms with Crippen molar-refractivity contribution in [3.05, 3.63) is 106 Å². The summed E-state index contributed by atoms with van der Waals surface area (Å²) < 4.78 is 8.48. The molecule has 0 saturated carbocycles. The number of aromatic nitrogens is 2. The van der Waals surface area contributed by atoms with Gasteiger partial charge in [0.15, 0.2) is 0 Å². The fourth-order valence-electron chi connectivity index (χ4n) is 4.10. The molecular formula is C30H26ClN3O2S2. The summed E-state index contributed by atoms with van der Waals surface area (Å²) in [5, 5.41) is 5.57. The maximum Gasteiger partial charge on any atom is 0.266 e. The molecule has 1 amide bonds. The summed E-state index contributed by atoms with van der Waals surface area (Å²) in [7, 11) is 0. The number of ether oxygens (including phenoxy) is 1. The summed E-state index contributed by atoms with van der Waals surface area (Å²) in [4.78, 5) is 15.4. The second-order valence-electron chi connectivity index (χ2n) is 9.31. The van der Waals surface area contributed by atoms with Crippen LogP contribution in [0, 0.1) is 5.92 Å². The molecule has 1 fully saturated rings. The molecule has 0 unspecified atom stereocenters. The van der Waals surface area contributed by atoms with E-state index in [-0.39, 0.29) is 5.91 Å². The Kier molecular flexibility index (Phi) is 7.98. The number of para-hydroxylation sites is 1. The Morgan fingerprint density at radius 1 is 1.05 bits per heavy atom. The molecule has 3 aromatic carbocycles. The maximum atomic E-state index is 13.2. The van der Waals surface area contributed by atoms with Crippen molar-refractivity contribution < 1.29 is 9.53 Å². The normalized spacial score (nSPS) is 14.6. The highest BCUT2D eigenvalue weighted by Gasteiger charge is 2.32. The van der Waals surface area contributed by atoms with Crippen LogP contribution < -0.4 is 4.74 Å². The third-order valence-electron chi connectivity index (χ3n) is 5.93. The molecule has 1 aliphatic rings. The first kappa shape index (κ1) is 26.2. The molecule has 0 radical (unpaired) electrons. The Hall–Kier alpha value is -3.39. The van der Waals surface area contributed by atoms with E-state index in [0.29, 0.717) is 39.1 Å². The first-order valence-corrected chi connectivity index (χ1v) is 13.9. The maximum absolute atomic E-state index is 13.2. The van der Waals surface area contributed by atoms with Crippen molar-refractivity contribution in [1.29, 1.82) is 0 Å². The number of carbonyl (C=O) groups is 1. The first-order chi connectivity index (χ1) is 18.4. The van der Waals surface area contributed by atoms with Crippen LogP contribution in [0.1, 0.15) is 25.0 Å². The minimum Gasteiger partial charge on any atom is -0.489 e. The summed E-state index contributed by atoms with van der Waals surface area (Å²) in [5.74, 6) is 0.955. The lowest BCUT2D eigenvalue weighted by Gasteiger charge is -2.16. The lowest BCUT2D eigenvalue weighted by Crippen LogP contribution is -2.31. The number of thioether (sulfide) groups is 1. The van der Waals surface area contributed by atoms with Gasteiger partial charge in [0.25, 0.3) is 5.91 Å². The summed E-state index contributed by atoms with van der Waals surface area (Å²) in [6.45, 7) is 5.10. The number of carbonyl (C=O) groups excluding carboxylic acids is 1. The summed E-state index contributed by atoms with van der Waals surface area (Å²) in [5.41, 5.74) is 4.28. The number of rotatable bonds is 8. The molecule has 2 heterocycles. The highest BCUT2D eigenvalue weighted by Crippen LogP contribution is 2.36.